The number of hydrogen-bond donors (Lipinski definition) is 0. The number of carbonyl (C=O) groups is 2. The van der Waals surface area contributed by atoms with Gasteiger partial charge in [-0.2, -0.15) is 0 Å². The Labute approximate surface area is 193 Å². The minimum absolute atomic E-state index is 0.0434. The maximum Gasteiger partial charge on any atom is 0.311 e. The molecule has 0 bridgehead atoms. The predicted octanol–water partition coefficient (Wildman–Crippen LogP) is 7.73. The number of rotatable bonds is 19. The minimum atomic E-state index is -0.408. The van der Waals surface area contributed by atoms with Crippen LogP contribution in [0.25, 0.3) is 0 Å². The normalized spacial score (nSPS) is 10.8. The Morgan fingerprint density at radius 2 is 1.19 bits per heavy atom. The van der Waals surface area contributed by atoms with E-state index in [1.54, 1.807) is 23.9 Å². The van der Waals surface area contributed by atoms with Crippen molar-refractivity contribution in [3.63, 3.8) is 0 Å². The van der Waals surface area contributed by atoms with E-state index in [1.165, 1.54) is 70.6 Å². The van der Waals surface area contributed by atoms with Gasteiger partial charge in [0.15, 0.2) is 0 Å². The second kappa shape index (κ2) is 19.2. The van der Waals surface area contributed by atoms with Gasteiger partial charge in [0.1, 0.15) is 5.75 Å². The van der Waals surface area contributed by atoms with Crippen molar-refractivity contribution in [2.24, 2.45) is 0 Å². The molecule has 0 spiro atoms. The highest BCUT2D eigenvalue weighted by molar-refractivity contribution is 7.98. The summed E-state index contributed by atoms with van der Waals surface area (Å²) in [6, 6.07) is 7.32. The zero-order valence-electron chi connectivity index (χ0n) is 19.7. The number of unbranched alkanes of at least 4 members (excludes halogenated alkanes) is 12. The molecule has 0 atom stereocenters. The fourth-order valence-electron chi connectivity index (χ4n) is 3.41. The van der Waals surface area contributed by atoms with Crippen LogP contribution < -0.4 is 4.74 Å². The van der Waals surface area contributed by atoms with Gasteiger partial charge < -0.3 is 9.47 Å². The van der Waals surface area contributed by atoms with E-state index in [9.17, 15) is 9.59 Å². The molecule has 0 aliphatic rings. The Kier molecular flexibility index (Phi) is 17.1. The van der Waals surface area contributed by atoms with Crippen LogP contribution in [0.5, 0.6) is 5.75 Å². The Morgan fingerprint density at radius 3 is 1.71 bits per heavy atom. The number of ether oxygens (including phenoxy) is 2. The molecule has 0 radical (unpaired) electrons. The fraction of sp³-hybridized carbons (Fsp3) is 0.692. The van der Waals surface area contributed by atoms with E-state index < -0.39 is 5.97 Å². The van der Waals surface area contributed by atoms with Gasteiger partial charge in [0.05, 0.1) is 19.4 Å². The van der Waals surface area contributed by atoms with Gasteiger partial charge in [0, 0.05) is 4.90 Å². The maximum atomic E-state index is 11.8. The number of carbonyl (C=O) groups excluding carboxylic acids is 2. The van der Waals surface area contributed by atoms with Crippen LogP contribution in [0, 0.1) is 0 Å². The number of esters is 2. The van der Waals surface area contributed by atoms with Crippen molar-refractivity contribution < 1.29 is 19.1 Å². The van der Waals surface area contributed by atoms with Gasteiger partial charge in [-0.3, -0.25) is 9.59 Å². The average Bonchev–Trinajstić information content (AvgIpc) is 2.78. The molecule has 0 aliphatic heterocycles. The Hall–Kier alpha value is -1.49. The summed E-state index contributed by atoms with van der Waals surface area (Å²) in [7, 11) is 0. The van der Waals surface area contributed by atoms with Gasteiger partial charge in [0.2, 0.25) is 0 Å². The van der Waals surface area contributed by atoms with Crippen LogP contribution in [0.15, 0.2) is 29.2 Å². The Balaban J connectivity index is 1.89. The largest absolute Gasteiger partial charge is 0.466 e. The van der Waals surface area contributed by atoms with Crippen LogP contribution >= 0.6 is 11.8 Å². The highest BCUT2D eigenvalue weighted by Gasteiger charge is 2.10. The second-order valence-corrected chi connectivity index (χ2v) is 8.99. The van der Waals surface area contributed by atoms with Crippen LogP contribution in [0.1, 0.15) is 103 Å². The summed E-state index contributed by atoms with van der Waals surface area (Å²) < 4.78 is 10.5. The third kappa shape index (κ3) is 15.9. The molecule has 0 unspecified atom stereocenters. The summed E-state index contributed by atoms with van der Waals surface area (Å²) >= 11 is 1.63. The third-order valence-electron chi connectivity index (χ3n) is 5.34. The zero-order chi connectivity index (χ0) is 22.6. The van der Waals surface area contributed by atoms with E-state index >= 15 is 0 Å². The van der Waals surface area contributed by atoms with Crippen LogP contribution in [0.3, 0.4) is 0 Å². The monoisotopic (exact) mass is 450 g/mol. The van der Waals surface area contributed by atoms with E-state index in [2.05, 4.69) is 6.92 Å². The molecule has 176 valence electrons. The summed E-state index contributed by atoms with van der Waals surface area (Å²) in [5.74, 6) is -0.230. The lowest BCUT2D eigenvalue weighted by molar-refractivity contribution is -0.147. The summed E-state index contributed by atoms with van der Waals surface area (Å²) in [6.07, 6.45) is 18.9. The van der Waals surface area contributed by atoms with E-state index in [0.717, 1.165) is 17.7 Å². The highest BCUT2D eigenvalue weighted by atomic mass is 32.2. The molecule has 4 nitrogen and oxygen atoms in total. The topological polar surface area (TPSA) is 52.6 Å². The summed E-state index contributed by atoms with van der Waals surface area (Å²) in [4.78, 5) is 24.7. The molecule has 0 saturated carbocycles. The molecule has 1 aromatic rings. The molecule has 0 saturated heterocycles. The third-order valence-corrected chi connectivity index (χ3v) is 6.08. The molecular formula is C26H42O4S. The standard InChI is InChI=1S/C26H42O4S/c1-3-4-5-6-7-8-9-10-11-12-13-14-15-22-29-25(27)20-21-26(28)30-23-16-18-24(31-2)19-17-23/h16-19H,3-15,20-22H2,1-2H3. The van der Waals surface area contributed by atoms with Gasteiger partial charge in [-0.05, 0) is 36.9 Å². The van der Waals surface area contributed by atoms with E-state index in [0.29, 0.717) is 12.4 Å². The molecule has 0 amide bonds. The molecule has 0 heterocycles. The second-order valence-electron chi connectivity index (χ2n) is 8.11. The van der Waals surface area contributed by atoms with Gasteiger partial charge in [-0.1, -0.05) is 84.0 Å². The van der Waals surface area contributed by atoms with Crippen LogP contribution in [-0.4, -0.2) is 24.8 Å². The minimum Gasteiger partial charge on any atom is -0.466 e. The quantitative estimate of drug-likeness (QED) is 0.0934. The molecule has 1 rings (SSSR count). The van der Waals surface area contributed by atoms with Gasteiger partial charge in [-0.15, -0.1) is 11.8 Å². The zero-order valence-corrected chi connectivity index (χ0v) is 20.5. The van der Waals surface area contributed by atoms with Crippen LogP contribution in [0.2, 0.25) is 0 Å². The van der Waals surface area contributed by atoms with Crippen molar-refractivity contribution in [3.8, 4) is 5.75 Å². The molecule has 5 heteroatoms. The molecule has 0 N–H and O–H groups in total. The van der Waals surface area contributed by atoms with Crippen molar-refractivity contribution in [1.82, 2.24) is 0 Å². The first kappa shape index (κ1) is 27.5. The average molecular weight is 451 g/mol. The number of thioether (sulfide) groups is 1. The molecule has 1 aromatic carbocycles. The fourth-order valence-corrected chi connectivity index (χ4v) is 3.82. The van der Waals surface area contributed by atoms with Crippen molar-refractivity contribution in [2.75, 3.05) is 12.9 Å². The van der Waals surface area contributed by atoms with E-state index in [4.69, 9.17) is 9.47 Å². The first-order valence-corrected chi connectivity index (χ1v) is 13.4. The number of benzene rings is 1. The lowest BCUT2D eigenvalue weighted by atomic mass is 10.0. The lowest BCUT2D eigenvalue weighted by Crippen LogP contribution is -2.12. The Bertz CT molecular complexity index is 586. The molecule has 0 aromatic heterocycles. The first-order chi connectivity index (χ1) is 15.2. The molecule has 0 fully saturated rings. The summed E-state index contributed by atoms with van der Waals surface area (Å²) in [5.41, 5.74) is 0. The predicted molar refractivity (Wildman–Crippen MR) is 130 cm³/mol. The van der Waals surface area contributed by atoms with Gasteiger partial charge >= 0.3 is 11.9 Å². The number of hydrogen-bond acceptors (Lipinski definition) is 5. The maximum absolute atomic E-state index is 11.8. The smallest absolute Gasteiger partial charge is 0.311 e. The van der Waals surface area contributed by atoms with Crippen LogP contribution in [0.4, 0.5) is 0 Å². The first-order valence-electron chi connectivity index (χ1n) is 12.2. The lowest BCUT2D eigenvalue weighted by Gasteiger charge is -2.06. The van der Waals surface area contributed by atoms with E-state index in [-0.39, 0.29) is 18.8 Å². The highest BCUT2D eigenvalue weighted by Crippen LogP contribution is 2.19. The van der Waals surface area contributed by atoms with Crippen molar-refractivity contribution in [3.05, 3.63) is 24.3 Å². The molecule has 31 heavy (non-hydrogen) atoms. The van der Waals surface area contributed by atoms with Crippen molar-refractivity contribution >= 4 is 23.7 Å². The van der Waals surface area contributed by atoms with Crippen molar-refractivity contribution in [2.45, 2.75) is 108 Å². The van der Waals surface area contributed by atoms with Gasteiger partial charge in [-0.25, -0.2) is 0 Å². The SMILES string of the molecule is CCCCCCCCCCCCCCCOC(=O)CCC(=O)Oc1ccc(SC)cc1. The van der Waals surface area contributed by atoms with Gasteiger partial charge in [0.25, 0.3) is 0 Å². The molecule has 0 aliphatic carbocycles. The van der Waals surface area contributed by atoms with E-state index in [1.807, 2.05) is 18.4 Å². The van der Waals surface area contributed by atoms with Crippen LogP contribution in [-0.2, 0) is 14.3 Å². The Morgan fingerprint density at radius 1 is 0.710 bits per heavy atom. The summed E-state index contributed by atoms with van der Waals surface area (Å²) in [5, 5.41) is 0. The van der Waals surface area contributed by atoms with Crippen molar-refractivity contribution in [1.29, 1.82) is 0 Å². The summed E-state index contributed by atoms with van der Waals surface area (Å²) in [6.45, 7) is 2.71. The molecular weight excluding hydrogens is 408 g/mol.